The third-order valence-electron chi connectivity index (χ3n) is 4.74. The van der Waals surface area contributed by atoms with Crippen LogP contribution in [0.3, 0.4) is 0 Å². The van der Waals surface area contributed by atoms with Crippen molar-refractivity contribution in [3.63, 3.8) is 0 Å². The lowest BCUT2D eigenvalue weighted by molar-refractivity contribution is -0.125. The van der Waals surface area contributed by atoms with E-state index in [1.165, 1.54) is 0 Å². The van der Waals surface area contributed by atoms with Crippen molar-refractivity contribution in [2.75, 3.05) is 27.2 Å². The fourth-order valence-corrected chi connectivity index (χ4v) is 3.29. The van der Waals surface area contributed by atoms with Crippen molar-refractivity contribution < 1.29 is 9.53 Å². The molecule has 1 aliphatic carbocycles. The van der Waals surface area contributed by atoms with E-state index in [1.54, 1.807) is 7.11 Å². The minimum atomic E-state index is -0.0598. The third kappa shape index (κ3) is 3.71. The number of ether oxygens (including phenoxy) is 1. The third-order valence-corrected chi connectivity index (χ3v) is 4.74. The molecule has 0 aromatic heterocycles. The van der Waals surface area contributed by atoms with Crippen LogP contribution in [0.25, 0.3) is 0 Å². The summed E-state index contributed by atoms with van der Waals surface area (Å²) in [5.74, 6) is 0.883. The summed E-state index contributed by atoms with van der Waals surface area (Å²) in [4.78, 5) is 14.3. The zero-order valence-electron chi connectivity index (χ0n) is 12.5. The lowest BCUT2D eigenvalue weighted by Crippen LogP contribution is -2.43. The van der Waals surface area contributed by atoms with Gasteiger partial charge < -0.3 is 10.1 Å². The van der Waals surface area contributed by atoms with Gasteiger partial charge in [0.2, 0.25) is 5.91 Å². The number of carbonyl (C=O) groups is 1. The Labute approximate surface area is 121 Å². The molecule has 1 aliphatic heterocycles. The van der Waals surface area contributed by atoms with E-state index < -0.39 is 0 Å². The number of hydrogen-bond acceptors (Lipinski definition) is 4. The lowest BCUT2D eigenvalue weighted by atomic mass is 9.83. The molecular weight excluding hydrogens is 254 g/mol. The van der Waals surface area contributed by atoms with Gasteiger partial charge in [0.25, 0.3) is 0 Å². The van der Waals surface area contributed by atoms with Crippen molar-refractivity contribution in [3.05, 3.63) is 0 Å². The number of rotatable bonds is 4. The highest BCUT2D eigenvalue weighted by molar-refractivity contribution is 5.82. The van der Waals surface area contributed by atoms with Gasteiger partial charge in [0.15, 0.2) is 0 Å². The largest absolute Gasteiger partial charge is 0.380 e. The Morgan fingerprint density at radius 3 is 2.65 bits per heavy atom. The molecule has 0 bridgehead atoms. The molecule has 5 heteroatoms. The first-order valence-corrected chi connectivity index (χ1v) is 7.54. The molecule has 1 saturated carbocycles. The summed E-state index contributed by atoms with van der Waals surface area (Å²) in [5, 5.41) is 12.0. The molecule has 0 unspecified atom stereocenters. The summed E-state index contributed by atoms with van der Waals surface area (Å²) >= 11 is 0. The summed E-state index contributed by atoms with van der Waals surface area (Å²) in [6.45, 7) is 1.57. The fourth-order valence-electron chi connectivity index (χ4n) is 3.29. The van der Waals surface area contributed by atoms with Crippen molar-refractivity contribution in [3.8, 4) is 6.07 Å². The number of amides is 1. The second-order valence-corrected chi connectivity index (χ2v) is 6.14. The molecule has 2 rings (SSSR count). The van der Waals surface area contributed by atoms with Crippen molar-refractivity contribution in [1.82, 2.24) is 10.2 Å². The van der Waals surface area contributed by atoms with Crippen LogP contribution < -0.4 is 5.32 Å². The normalized spacial score (nSPS) is 34.6. The van der Waals surface area contributed by atoms with Crippen LogP contribution >= 0.6 is 0 Å². The molecule has 1 N–H and O–H groups in total. The fraction of sp³-hybridized carbons (Fsp3) is 0.867. The molecule has 20 heavy (non-hydrogen) atoms. The van der Waals surface area contributed by atoms with Crippen molar-refractivity contribution in [1.29, 1.82) is 5.26 Å². The Morgan fingerprint density at radius 1 is 1.40 bits per heavy atom. The minimum absolute atomic E-state index is 0.0598. The maximum Gasteiger partial charge on any atom is 0.237 e. The van der Waals surface area contributed by atoms with Crippen LogP contribution in [0.15, 0.2) is 0 Å². The van der Waals surface area contributed by atoms with Crippen LogP contribution in [0.2, 0.25) is 0 Å². The zero-order valence-corrected chi connectivity index (χ0v) is 12.5. The molecule has 112 valence electrons. The van der Waals surface area contributed by atoms with Crippen LogP contribution in [0, 0.1) is 23.2 Å². The smallest absolute Gasteiger partial charge is 0.237 e. The van der Waals surface area contributed by atoms with Crippen LogP contribution in [-0.4, -0.2) is 50.2 Å². The second kappa shape index (κ2) is 7.05. The van der Waals surface area contributed by atoms with Crippen LogP contribution in [0.4, 0.5) is 0 Å². The maximum atomic E-state index is 12.2. The van der Waals surface area contributed by atoms with Gasteiger partial charge >= 0.3 is 0 Å². The van der Waals surface area contributed by atoms with Gasteiger partial charge in [0.05, 0.1) is 18.2 Å². The molecule has 1 amide bonds. The predicted molar refractivity (Wildman–Crippen MR) is 75.9 cm³/mol. The average Bonchev–Trinajstić information content (AvgIpc) is 2.86. The highest BCUT2D eigenvalue weighted by Crippen LogP contribution is 2.27. The molecular formula is C15H25N3O2. The topological polar surface area (TPSA) is 65.4 Å². The summed E-state index contributed by atoms with van der Waals surface area (Å²) in [6.07, 6.45) is 5.01. The number of likely N-dealkylation sites (tertiary alicyclic amines) is 1. The monoisotopic (exact) mass is 279 g/mol. The molecule has 0 radical (unpaired) electrons. The van der Waals surface area contributed by atoms with Crippen LogP contribution in [0.5, 0.6) is 0 Å². The van der Waals surface area contributed by atoms with E-state index in [0.29, 0.717) is 5.92 Å². The Hall–Kier alpha value is -1.12. The average molecular weight is 279 g/mol. The molecule has 2 aliphatic rings. The van der Waals surface area contributed by atoms with E-state index in [1.807, 2.05) is 7.05 Å². The molecule has 2 fully saturated rings. The lowest BCUT2D eigenvalue weighted by Gasteiger charge is -2.26. The molecule has 5 nitrogen and oxygen atoms in total. The first-order valence-electron chi connectivity index (χ1n) is 7.54. The van der Waals surface area contributed by atoms with Crippen molar-refractivity contribution in [2.45, 2.75) is 44.2 Å². The Bertz CT molecular complexity index is 372. The SMILES string of the molecule is CO[C@H]1C[C@@H](C(=O)NCC2CCC(C#N)CC2)N(C)C1. The van der Waals surface area contributed by atoms with Gasteiger partial charge in [-0.2, -0.15) is 5.26 Å². The molecule has 0 aromatic carbocycles. The summed E-state index contributed by atoms with van der Waals surface area (Å²) in [5.41, 5.74) is 0. The molecule has 0 aromatic rings. The van der Waals surface area contributed by atoms with Gasteiger partial charge in [-0.1, -0.05) is 0 Å². The standard InChI is InChI=1S/C15H25N3O2/c1-18-10-13(20-2)7-14(18)15(19)17-9-12-5-3-11(8-16)4-6-12/h11-14H,3-7,9-10H2,1-2H3,(H,17,19)/t11?,12?,13-,14-/m0/s1. The van der Waals surface area contributed by atoms with Crippen LogP contribution in [0.1, 0.15) is 32.1 Å². The van der Waals surface area contributed by atoms with E-state index in [0.717, 1.165) is 45.2 Å². The number of nitriles is 1. The quantitative estimate of drug-likeness (QED) is 0.838. The van der Waals surface area contributed by atoms with Gasteiger partial charge in [-0.3, -0.25) is 9.69 Å². The second-order valence-electron chi connectivity index (χ2n) is 6.14. The van der Waals surface area contributed by atoms with E-state index >= 15 is 0 Å². The van der Waals surface area contributed by atoms with Crippen molar-refractivity contribution >= 4 is 5.91 Å². The summed E-state index contributed by atoms with van der Waals surface area (Å²) in [6, 6.07) is 2.28. The van der Waals surface area contributed by atoms with Crippen molar-refractivity contribution in [2.24, 2.45) is 11.8 Å². The maximum absolute atomic E-state index is 12.2. The van der Waals surface area contributed by atoms with E-state index in [-0.39, 0.29) is 24.0 Å². The van der Waals surface area contributed by atoms with Crippen LogP contribution in [-0.2, 0) is 9.53 Å². The minimum Gasteiger partial charge on any atom is -0.380 e. The molecule has 1 heterocycles. The Balaban J connectivity index is 1.72. The highest BCUT2D eigenvalue weighted by atomic mass is 16.5. The first kappa shape index (κ1) is 15.3. The number of likely N-dealkylation sites (N-methyl/N-ethyl adjacent to an activating group) is 1. The van der Waals surface area contributed by atoms with Gasteiger partial charge in [0.1, 0.15) is 0 Å². The molecule has 2 atom stereocenters. The van der Waals surface area contributed by atoms with Gasteiger partial charge in [-0.25, -0.2) is 0 Å². The number of methoxy groups -OCH3 is 1. The van der Waals surface area contributed by atoms with E-state index in [9.17, 15) is 4.79 Å². The predicted octanol–water partition coefficient (Wildman–Crippen LogP) is 1.15. The number of hydrogen-bond donors (Lipinski definition) is 1. The number of carbonyl (C=O) groups excluding carboxylic acids is 1. The first-order chi connectivity index (χ1) is 9.63. The van der Waals surface area contributed by atoms with Gasteiger partial charge in [-0.05, 0) is 45.1 Å². The van der Waals surface area contributed by atoms with Gasteiger partial charge in [0, 0.05) is 26.1 Å². The number of nitrogens with zero attached hydrogens (tertiary/aromatic N) is 2. The number of nitrogens with one attached hydrogen (secondary N) is 1. The van der Waals surface area contributed by atoms with E-state index in [2.05, 4.69) is 16.3 Å². The summed E-state index contributed by atoms with van der Waals surface area (Å²) in [7, 11) is 3.67. The molecule has 1 saturated heterocycles. The Kier molecular flexibility index (Phi) is 5.38. The zero-order chi connectivity index (χ0) is 14.5. The highest BCUT2D eigenvalue weighted by Gasteiger charge is 2.34. The summed E-state index contributed by atoms with van der Waals surface area (Å²) < 4.78 is 5.33. The molecule has 0 spiro atoms. The Morgan fingerprint density at radius 2 is 2.10 bits per heavy atom. The van der Waals surface area contributed by atoms with E-state index in [4.69, 9.17) is 10.00 Å². The van der Waals surface area contributed by atoms with Gasteiger partial charge in [-0.15, -0.1) is 0 Å².